The van der Waals surface area contributed by atoms with Gasteiger partial charge in [-0.25, -0.2) is 4.98 Å². The quantitative estimate of drug-likeness (QED) is 0.846. The van der Waals surface area contributed by atoms with Crippen molar-refractivity contribution in [3.05, 3.63) is 46.8 Å². The monoisotopic (exact) mass is 275 g/mol. The molecule has 2 aromatic rings. The van der Waals surface area contributed by atoms with E-state index in [-0.39, 0.29) is 0 Å². The van der Waals surface area contributed by atoms with Crippen molar-refractivity contribution in [3.63, 3.8) is 0 Å². The Bertz CT molecular complexity index is 534. The summed E-state index contributed by atoms with van der Waals surface area (Å²) in [7, 11) is 0. The Labute approximate surface area is 101 Å². The summed E-state index contributed by atoms with van der Waals surface area (Å²) in [5, 5.41) is 8.61. The van der Waals surface area contributed by atoms with Crippen molar-refractivity contribution < 1.29 is 4.74 Å². The average molecular weight is 276 g/mol. The topological polar surface area (TPSA) is 58.8 Å². The molecule has 4 nitrogen and oxygen atoms in total. The standard InChI is InChI=1S/C11H6BrN3O/c12-9-3-10(7-14-6-9)16-11-2-1-8(4-13)5-15-11/h1-3,5-7H. The highest BCUT2D eigenvalue weighted by Crippen LogP contribution is 2.21. The van der Waals surface area contributed by atoms with Crippen molar-refractivity contribution >= 4 is 15.9 Å². The predicted molar refractivity (Wildman–Crippen MR) is 61.0 cm³/mol. The van der Waals surface area contributed by atoms with E-state index in [1.165, 1.54) is 6.20 Å². The average Bonchev–Trinajstić information content (AvgIpc) is 2.30. The smallest absolute Gasteiger partial charge is 0.219 e. The van der Waals surface area contributed by atoms with Crippen LogP contribution in [-0.2, 0) is 0 Å². The highest BCUT2D eigenvalue weighted by molar-refractivity contribution is 9.10. The van der Waals surface area contributed by atoms with Gasteiger partial charge in [0, 0.05) is 22.9 Å². The maximum Gasteiger partial charge on any atom is 0.219 e. The first-order chi connectivity index (χ1) is 7.78. The molecule has 5 heteroatoms. The number of halogens is 1. The summed E-state index contributed by atoms with van der Waals surface area (Å²) in [6, 6.07) is 7.06. The third-order valence-corrected chi connectivity index (χ3v) is 2.20. The number of hydrogen-bond acceptors (Lipinski definition) is 4. The van der Waals surface area contributed by atoms with E-state index in [9.17, 15) is 0 Å². The maximum atomic E-state index is 8.61. The minimum atomic E-state index is 0.430. The van der Waals surface area contributed by atoms with Crippen LogP contribution in [-0.4, -0.2) is 9.97 Å². The lowest BCUT2D eigenvalue weighted by molar-refractivity contribution is 0.460. The van der Waals surface area contributed by atoms with Gasteiger partial charge in [0.25, 0.3) is 0 Å². The number of rotatable bonds is 2. The molecule has 0 aromatic carbocycles. The van der Waals surface area contributed by atoms with Crippen LogP contribution in [0.15, 0.2) is 41.3 Å². The third-order valence-electron chi connectivity index (χ3n) is 1.77. The van der Waals surface area contributed by atoms with Crippen LogP contribution in [0.3, 0.4) is 0 Å². The summed E-state index contributed by atoms with van der Waals surface area (Å²) in [5.41, 5.74) is 0.500. The van der Waals surface area contributed by atoms with E-state index in [0.717, 1.165) is 4.47 Å². The van der Waals surface area contributed by atoms with E-state index < -0.39 is 0 Å². The second kappa shape index (κ2) is 4.73. The second-order valence-corrected chi connectivity index (χ2v) is 3.85. The molecule has 0 fully saturated rings. The summed E-state index contributed by atoms with van der Waals surface area (Å²) >= 11 is 3.29. The van der Waals surface area contributed by atoms with E-state index in [4.69, 9.17) is 10.00 Å². The molecule has 78 valence electrons. The van der Waals surface area contributed by atoms with Gasteiger partial charge in [-0.1, -0.05) is 0 Å². The first-order valence-electron chi connectivity index (χ1n) is 4.42. The second-order valence-electron chi connectivity index (χ2n) is 2.94. The number of hydrogen-bond donors (Lipinski definition) is 0. The molecule has 16 heavy (non-hydrogen) atoms. The molecule has 0 unspecified atom stereocenters. The summed E-state index contributed by atoms with van der Waals surface area (Å²) in [4.78, 5) is 7.95. The van der Waals surface area contributed by atoms with E-state index in [1.807, 2.05) is 6.07 Å². The van der Waals surface area contributed by atoms with Gasteiger partial charge in [0.2, 0.25) is 5.88 Å². The molecule has 0 saturated carbocycles. The van der Waals surface area contributed by atoms with Crippen molar-refractivity contribution in [2.45, 2.75) is 0 Å². The van der Waals surface area contributed by atoms with E-state index >= 15 is 0 Å². The molecule has 2 aromatic heterocycles. The molecule has 0 atom stereocenters. The van der Waals surface area contributed by atoms with Gasteiger partial charge in [-0.05, 0) is 28.1 Å². The van der Waals surface area contributed by atoms with Crippen LogP contribution in [0.5, 0.6) is 11.6 Å². The summed E-state index contributed by atoms with van der Waals surface area (Å²) < 4.78 is 6.28. The summed E-state index contributed by atoms with van der Waals surface area (Å²) in [6.45, 7) is 0. The molecule has 2 rings (SSSR count). The number of pyridine rings is 2. The first kappa shape index (κ1) is 10.6. The molecular formula is C11H6BrN3O. The fraction of sp³-hybridized carbons (Fsp3) is 0. The molecule has 0 N–H and O–H groups in total. The molecule has 0 saturated heterocycles. The Morgan fingerprint density at radius 3 is 2.75 bits per heavy atom. The predicted octanol–water partition coefficient (Wildman–Crippen LogP) is 2.90. The van der Waals surface area contributed by atoms with Gasteiger partial charge in [0.15, 0.2) is 0 Å². The number of nitriles is 1. The van der Waals surface area contributed by atoms with Gasteiger partial charge in [-0.15, -0.1) is 0 Å². The van der Waals surface area contributed by atoms with Crippen LogP contribution in [0.1, 0.15) is 5.56 Å². The fourth-order valence-electron chi connectivity index (χ4n) is 1.08. The van der Waals surface area contributed by atoms with Gasteiger partial charge in [0.1, 0.15) is 11.8 Å². The Morgan fingerprint density at radius 1 is 1.25 bits per heavy atom. The van der Waals surface area contributed by atoms with Gasteiger partial charge in [-0.3, -0.25) is 4.98 Å². The van der Waals surface area contributed by atoms with Gasteiger partial charge < -0.3 is 4.74 Å². The van der Waals surface area contributed by atoms with Crippen LogP contribution >= 0.6 is 15.9 Å². The SMILES string of the molecule is N#Cc1ccc(Oc2cncc(Br)c2)nc1. The zero-order valence-electron chi connectivity index (χ0n) is 8.09. The third kappa shape index (κ3) is 2.55. The highest BCUT2D eigenvalue weighted by atomic mass is 79.9. The fourth-order valence-corrected chi connectivity index (χ4v) is 1.42. The molecule has 0 aliphatic heterocycles. The van der Waals surface area contributed by atoms with Crippen molar-refractivity contribution in [1.82, 2.24) is 9.97 Å². The van der Waals surface area contributed by atoms with Gasteiger partial charge in [-0.2, -0.15) is 5.26 Å². The lowest BCUT2D eigenvalue weighted by atomic mass is 10.3. The lowest BCUT2D eigenvalue weighted by Crippen LogP contribution is -1.88. The molecule has 0 radical (unpaired) electrons. The summed E-state index contributed by atoms with van der Waals surface area (Å²) in [6.07, 6.45) is 4.71. The van der Waals surface area contributed by atoms with Crippen molar-refractivity contribution in [2.24, 2.45) is 0 Å². The van der Waals surface area contributed by atoms with Crippen LogP contribution < -0.4 is 4.74 Å². The Kier molecular flexibility index (Phi) is 3.13. The lowest BCUT2D eigenvalue weighted by Gasteiger charge is -2.03. The van der Waals surface area contributed by atoms with Gasteiger partial charge in [0.05, 0.1) is 11.8 Å². The van der Waals surface area contributed by atoms with Crippen molar-refractivity contribution in [2.75, 3.05) is 0 Å². The van der Waals surface area contributed by atoms with Crippen molar-refractivity contribution in [3.8, 4) is 17.7 Å². The van der Waals surface area contributed by atoms with Crippen LogP contribution in [0, 0.1) is 11.3 Å². The molecule has 0 spiro atoms. The number of aromatic nitrogens is 2. The number of nitrogens with zero attached hydrogens (tertiary/aromatic N) is 3. The number of ether oxygens (including phenoxy) is 1. The molecule has 0 amide bonds. The minimum Gasteiger partial charge on any atom is -0.437 e. The van der Waals surface area contributed by atoms with Gasteiger partial charge >= 0.3 is 0 Å². The van der Waals surface area contributed by atoms with Crippen LogP contribution in [0.4, 0.5) is 0 Å². The first-order valence-corrected chi connectivity index (χ1v) is 5.22. The van der Waals surface area contributed by atoms with Crippen LogP contribution in [0.25, 0.3) is 0 Å². The Hall–Kier alpha value is -1.93. The van der Waals surface area contributed by atoms with Crippen LogP contribution in [0.2, 0.25) is 0 Å². The highest BCUT2D eigenvalue weighted by Gasteiger charge is 2.00. The van der Waals surface area contributed by atoms with Crippen molar-refractivity contribution in [1.29, 1.82) is 5.26 Å². The molecule has 0 bridgehead atoms. The Balaban J connectivity index is 2.18. The largest absolute Gasteiger partial charge is 0.437 e. The molecule has 2 heterocycles. The normalized spacial score (nSPS) is 9.50. The summed E-state index contributed by atoms with van der Waals surface area (Å²) in [5.74, 6) is 1.02. The maximum absolute atomic E-state index is 8.61. The molecule has 0 aliphatic rings. The zero-order valence-corrected chi connectivity index (χ0v) is 9.68. The van der Waals surface area contributed by atoms with E-state index in [0.29, 0.717) is 17.2 Å². The Morgan fingerprint density at radius 2 is 2.12 bits per heavy atom. The zero-order chi connectivity index (χ0) is 11.4. The molecule has 0 aliphatic carbocycles. The van der Waals surface area contributed by atoms with E-state index in [1.54, 1.807) is 30.6 Å². The minimum absolute atomic E-state index is 0.430. The molecular weight excluding hydrogens is 270 g/mol. The van der Waals surface area contributed by atoms with E-state index in [2.05, 4.69) is 25.9 Å².